The minimum Gasteiger partial charge on any atom is -0.507 e. The highest BCUT2D eigenvalue weighted by Gasteiger charge is 2.23. The van der Waals surface area contributed by atoms with Crippen molar-refractivity contribution in [2.24, 2.45) is 0 Å². The van der Waals surface area contributed by atoms with Gasteiger partial charge in [0, 0.05) is 16.0 Å². The van der Waals surface area contributed by atoms with Gasteiger partial charge in [-0.25, -0.2) is 0 Å². The molecule has 4 heteroatoms. The molecule has 0 saturated carbocycles. The number of ketones is 1. The van der Waals surface area contributed by atoms with E-state index in [0.717, 1.165) is 25.3 Å². The number of benzene rings is 3. The number of thioether (sulfide) groups is 1. The summed E-state index contributed by atoms with van der Waals surface area (Å²) in [4.78, 5) is 14.1. The Hall–Kier alpha value is -1.79. The molecular weight excluding hydrogens is 443 g/mol. The first-order chi connectivity index (χ1) is 12.1. The fourth-order valence-corrected chi connectivity index (χ4v) is 4.46. The van der Waals surface area contributed by atoms with E-state index in [0.29, 0.717) is 11.1 Å². The van der Waals surface area contributed by atoms with Gasteiger partial charge in [-0.15, -0.1) is 11.8 Å². The van der Waals surface area contributed by atoms with Gasteiger partial charge in [-0.05, 0) is 45.5 Å². The van der Waals surface area contributed by atoms with Crippen LogP contribution >= 0.6 is 34.4 Å². The molecule has 3 rings (SSSR count). The fraction of sp³-hybridized carbons (Fsp3) is 0.0952. The third-order valence-electron chi connectivity index (χ3n) is 3.84. The molecule has 0 radical (unpaired) electrons. The average Bonchev–Trinajstić information content (AvgIpc) is 2.66. The zero-order valence-corrected chi connectivity index (χ0v) is 16.7. The van der Waals surface area contributed by atoms with Crippen LogP contribution in [0.5, 0.6) is 5.75 Å². The van der Waals surface area contributed by atoms with Crippen molar-refractivity contribution >= 4 is 40.1 Å². The van der Waals surface area contributed by atoms with Crippen LogP contribution in [-0.4, -0.2) is 16.6 Å². The van der Waals surface area contributed by atoms with Crippen molar-refractivity contribution in [2.45, 2.75) is 11.8 Å². The van der Waals surface area contributed by atoms with Crippen LogP contribution in [0, 0.1) is 3.57 Å². The van der Waals surface area contributed by atoms with E-state index in [4.69, 9.17) is 0 Å². The SMILES string of the molecule is CCSc1c(I)c(O)cc(-c2ccccc2)c1C(=O)c1ccccc1. The van der Waals surface area contributed by atoms with Crippen LogP contribution in [0.15, 0.2) is 71.6 Å². The summed E-state index contributed by atoms with van der Waals surface area (Å²) in [5, 5.41) is 10.4. The lowest BCUT2D eigenvalue weighted by Crippen LogP contribution is -2.07. The summed E-state index contributed by atoms with van der Waals surface area (Å²) >= 11 is 3.71. The van der Waals surface area contributed by atoms with E-state index < -0.39 is 0 Å². The summed E-state index contributed by atoms with van der Waals surface area (Å²) in [5.74, 6) is 1.01. The highest BCUT2D eigenvalue weighted by atomic mass is 127. The predicted octanol–water partition coefficient (Wildman–Crippen LogP) is 6.01. The van der Waals surface area contributed by atoms with Crippen LogP contribution in [-0.2, 0) is 0 Å². The molecule has 0 amide bonds. The maximum atomic E-state index is 13.3. The van der Waals surface area contributed by atoms with E-state index in [2.05, 4.69) is 22.6 Å². The summed E-state index contributed by atoms with van der Waals surface area (Å²) in [6, 6.07) is 20.7. The van der Waals surface area contributed by atoms with Gasteiger partial charge in [0.1, 0.15) is 5.75 Å². The number of phenolic OH excluding ortho intramolecular Hbond substituents is 1. The molecule has 0 spiro atoms. The van der Waals surface area contributed by atoms with Gasteiger partial charge in [0.15, 0.2) is 5.78 Å². The molecule has 0 bridgehead atoms. The van der Waals surface area contributed by atoms with E-state index in [1.54, 1.807) is 17.8 Å². The third kappa shape index (κ3) is 3.75. The topological polar surface area (TPSA) is 37.3 Å². The first kappa shape index (κ1) is 18.0. The van der Waals surface area contributed by atoms with E-state index in [-0.39, 0.29) is 11.5 Å². The maximum Gasteiger partial charge on any atom is 0.194 e. The second-order valence-electron chi connectivity index (χ2n) is 5.46. The number of hydrogen-bond acceptors (Lipinski definition) is 3. The molecule has 0 aliphatic rings. The number of rotatable bonds is 5. The van der Waals surface area contributed by atoms with E-state index in [1.807, 2.05) is 67.6 Å². The molecular formula is C21H17IO2S. The molecule has 1 N–H and O–H groups in total. The summed E-state index contributed by atoms with van der Waals surface area (Å²) in [6.45, 7) is 2.05. The van der Waals surface area contributed by atoms with Crippen LogP contribution in [0.3, 0.4) is 0 Å². The molecule has 126 valence electrons. The average molecular weight is 460 g/mol. The lowest BCUT2D eigenvalue weighted by Gasteiger charge is -2.17. The van der Waals surface area contributed by atoms with Gasteiger partial charge < -0.3 is 5.11 Å². The van der Waals surface area contributed by atoms with E-state index in [1.165, 1.54) is 0 Å². The first-order valence-corrected chi connectivity index (χ1v) is 10.0. The van der Waals surface area contributed by atoms with Crippen LogP contribution < -0.4 is 0 Å². The van der Waals surface area contributed by atoms with Gasteiger partial charge in [-0.2, -0.15) is 0 Å². The lowest BCUT2D eigenvalue weighted by molar-refractivity contribution is 0.103. The van der Waals surface area contributed by atoms with Gasteiger partial charge in [0.05, 0.1) is 3.57 Å². The van der Waals surface area contributed by atoms with Crippen molar-refractivity contribution in [1.82, 2.24) is 0 Å². The predicted molar refractivity (Wildman–Crippen MR) is 113 cm³/mol. The Morgan fingerprint density at radius 2 is 1.64 bits per heavy atom. The molecule has 0 atom stereocenters. The zero-order valence-electron chi connectivity index (χ0n) is 13.7. The highest BCUT2D eigenvalue weighted by molar-refractivity contribution is 14.1. The Balaban J connectivity index is 2.30. The number of hydrogen-bond donors (Lipinski definition) is 1. The molecule has 0 aliphatic heterocycles. The van der Waals surface area contributed by atoms with Crippen LogP contribution in [0.4, 0.5) is 0 Å². The minimum atomic E-state index is -0.0201. The minimum absolute atomic E-state index is 0.0201. The number of halogens is 1. The highest BCUT2D eigenvalue weighted by Crippen LogP contribution is 2.41. The van der Waals surface area contributed by atoms with Crippen LogP contribution in [0.2, 0.25) is 0 Å². The molecule has 0 saturated heterocycles. The second-order valence-corrected chi connectivity index (χ2v) is 7.81. The molecule has 0 unspecified atom stereocenters. The summed E-state index contributed by atoms with van der Waals surface area (Å²) in [7, 11) is 0. The van der Waals surface area contributed by atoms with Crippen molar-refractivity contribution in [1.29, 1.82) is 0 Å². The molecule has 0 aromatic heterocycles. The Morgan fingerprint density at radius 3 is 2.24 bits per heavy atom. The molecule has 3 aromatic carbocycles. The Labute approximate surface area is 165 Å². The quantitative estimate of drug-likeness (QED) is 0.288. The lowest BCUT2D eigenvalue weighted by atomic mass is 9.93. The van der Waals surface area contributed by atoms with Gasteiger partial charge >= 0.3 is 0 Å². The van der Waals surface area contributed by atoms with Gasteiger partial charge in [-0.1, -0.05) is 67.6 Å². The number of aromatic hydroxyl groups is 1. The van der Waals surface area contributed by atoms with Crippen molar-refractivity contribution in [3.63, 3.8) is 0 Å². The molecule has 0 fully saturated rings. The third-order valence-corrected chi connectivity index (χ3v) is 6.28. The summed E-state index contributed by atoms with van der Waals surface area (Å²) in [6.07, 6.45) is 0. The van der Waals surface area contributed by atoms with E-state index in [9.17, 15) is 9.90 Å². The number of phenols is 1. The molecule has 3 aromatic rings. The summed E-state index contributed by atoms with van der Waals surface area (Å²) < 4.78 is 0.725. The summed E-state index contributed by atoms with van der Waals surface area (Å²) in [5.41, 5.74) is 3.00. The molecule has 25 heavy (non-hydrogen) atoms. The number of carbonyl (C=O) groups excluding carboxylic acids is 1. The van der Waals surface area contributed by atoms with Crippen LogP contribution in [0.1, 0.15) is 22.8 Å². The smallest absolute Gasteiger partial charge is 0.194 e. The van der Waals surface area contributed by atoms with Gasteiger partial charge in [0.2, 0.25) is 0 Å². The Kier molecular flexibility index (Phi) is 5.81. The van der Waals surface area contributed by atoms with Crippen molar-refractivity contribution in [2.75, 3.05) is 5.75 Å². The first-order valence-electron chi connectivity index (χ1n) is 7.97. The molecule has 0 aliphatic carbocycles. The molecule has 2 nitrogen and oxygen atoms in total. The van der Waals surface area contributed by atoms with Crippen molar-refractivity contribution < 1.29 is 9.90 Å². The fourth-order valence-electron chi connectivity index (χ4n) is 2.71. The monoisotopic (exact) mass is 460 g/mol. The standard InChI is InChI=1S/C21H17IO2S/c1-2-25-21-18(20(24)15-11-7-4-8-12-15)16(13-17(23)19(21)22)14-9-5-3-6-10-14/h3-13,23H,2H2,1H3. The molecule has 0 heterocycles. The Bertz CT molecular complexity index is 893. The largest absolute Gasteiger partial charge is 0.507 e. The van der Waals surface area contributed by atoms with Crippen molar-refractivity contribution in [3.05, 3.63) is 81.4 Å². The maximum absolute atomic E-state index is 13.3. The van der Waals surface area contributed by atoms with Crippen LogP contribution in [0.25, 0.3) is 11.1 Å². The second kappa shape index (κ2) is 8.06. The number of carbonyl (C=O) groups is 1. The van der Waals surface area contributed by atoms with E-state index >= 15 is 0 Å². The van der Waals surface area contributed by atoms with Crippen molar-refractivity contribution in [3.8, 4) is 16.9 Å². The van der Waals surface area contributed by atoms with Gasteiger partial charge in [0.25, 0.3) is 0 Å². The Morgan fingerprint density at radius 1 is 1.04 bits per heavy atom. The normalized spacial score (nSPS) is 10.6. The zero-order chi connectivity index (χ0) is 17.8. The van der Waals surface area contributed by atoms with Gasteiger partial charge in [-0.3, -0.25) is 4.79 Å².